The minimum Gasteiger partial charge on any atom is -0.497 e. The molecule has 146 valence electrons. The van der Waals surface area contributed by atoms with Gasteiger partial charge in [0, 0.05) is 35.8 Å². The Balaban J connectivity index is 1.51. The maximum atomic E-state index is 13.7. The largest absolute Gasteiger partial charge is 0.497 e. The minimum atomic E-state index is -0.356. The van der Waals surface area contributed by atoms with E-state index in [-0.39, 0.29) is 17.5 Å². The fourth-order valence-electron chi connectivity index (χ4n) is 5.71. The SMILES string of the molecule is COc1ccc([C@@H]2C[C@H]3CN(c4ccccc4)C(=O)[C@]34CCCN24)c(OC)c1. The molecular weight excluding hydrogens is 352 g/mol. The van der Waals surface area contributed by atoms with Crippen molar-refractivity contribution in [3.63, 3.8) is 0 Å². The van der Waals surface area contributed by atoms with Crippen molar-refractivity contribution in [3.8, 4) is 11.5 Å². The molecule has 0 bridgehead atoms. The van der Waals surface area contributed by atoms with Gasteiger partial charge in [-0.05, 0) is 44.0 Å². The van der Waals surface area contributed by atoms with Crippen LogP contribution in [0.1, 0.15) is 30.9 Å². The van der Waals surface area contributed by atoms with Crippen LogP contribution in [0.25, 0.3) is 0 Å². The van der Waals surface area contributed by atoms with E-state index in [2.05, 4.69) is 11.0 Å². The van der Waals surface area contributed by atoms with Gasteiger partial charge >= 0.3 is 0 Å². The van der Waals surface area contributed by atoms with Crippen LogP contribution in [0.5, 0.6) is 11.5 Å². The lowest BCUT2D eigenvalue weighted by atomic mass is 9.85. The van der Waals surface area contributed by atoms with Gasteiger partial charge in [-0.25, -0.2) is 0 Å². The third-order valence-corrected chi connectivity index (χ3v) is 6.91. The van der Waals surface area contributed by atoms with Crippen LogP contribution >= 0.6 is 0 Å². The number of methoxy groups -OCH3 is 2. The molecule has 0 aliphatic carbocycles. The molecule has 3 aliphatic rings. The van der Waals surface area contributed by atoms with E-state index in [0.717, 1.165) is 55.1 Å². The quantitative estimate of drug-likeness (QED) is 0.815. The molecule has 1 spiro atoms. The average molecular weight is 378 g/mol. The third-order valence-electron chi connectivity index (χ3n) is 6.91. The summed E-state index contributed by atoms with van der Waals surface area (Å²) < 4.78 is 11.0. The molecule has 2 aromatic rings. The Morgan fingerprint density at radius 3 is 2.64 bits per heavy atom. The second-order valence-electron chi connectivity index (χ2n) is 8.03. The number of amides is 1. The molecule has 0 N–H and O–H groups in total. The Labute approximate surface area is 165 Å². The second kappa shape index (κ2) is 6.52. The summed E-state index contributed by atoms with van der Waals surface area (Å²) in [5.41, 5.74) is 1.82. The van der Waals surface area contributed by atoms with Crippen LogP contribution in [0.3, 0.4) is 0 Å². The van der Waals surface area contributed by atoms with E-state index in [9.17, 15) is 4.79 Å². The number of nitrogens with zero attached hydrogens (tertiary/aromatic N) is 2. The van der Waals surface area contributed by atoms with Crippen LogP contribution in [0.4, 0.5) is 5.69 Å². The van der Waals surface area contributed by atoms with E-state index in [4.69, 9.17) is 9.47 Å². The zero-order valence-corrected chi connectivity index (χ0v) is 16.4. The van der Waals surface area contributed by atoms with Crippen molar-refractivity contribution in [2.45, 2.75) is 30.8 Å². The molecule has 0 saturated carbocycles. The molecule has 3 saturated heterocycles. The Hall–Kier alpha value is -2.53. The standard InChI is InChI=1S/C23H26N2O3/c1-27-18-9-10-19(21(14-18)28-2)20-13-16-15-24(17-7-4-3-5-8-17)22(26)23(16)11-6-12-25(20)23/h3-5,7-10,14,16,20H,6,11-13,15H2,1-2H3/t16-,20-,23-/m0/s1. The normalized spacial score (nSPS) is 29.1. The maximum absolute atomic E-state index is 13.7. The van der Waals surface area contributed by atoms with Crippen molar-refractivity contribution in [1.29, 1.82) is 0 Å². The van der Waals surface area contributed by atoms with Gasteiger partial charge in [0.05, 0.1) is 14.2 Å². The average Bonchev–Trinajstić information content (AvgIpc) is 3.38. The number of ether oxygens (including phenoxy) is 2. The predicted molar refractivity (Wildman–Crippen MR) is 108 cm³/mol. The van der Waals surface area contributed by atoms with Crippen LogP contribution in [0, 0.1) is 5.92 Å². The lowest BCUT2D eigenvalue weighted by molar-refractivity contribution is -0.126. The van der Waals surface area contributed by atoms with Crippen molar-refractivity contribution >= 4 is 11.6 Å². The van der Waals surface area contributed by atoms with Gasteiger partial charge < -0.3 is 14.4 Å². The molecule has 3 heterocycles. The van der Waals surface area contributed by atoms with E-state index in [0.29, 0.717) is 5.92 Å². The topological polar surface area (TPSA) is 42.0 Å². The molecule has 0 unspecified atom stereocenters. The molecule has 0 radical (unpaired) electrons. The van der Waals surface area contributed by atoms with Gasteiger partial charge in [-0.3, -0.25) is 9.69 Å². The smallest absolute Gasteiger partial charge is 0.247 e. The highest BCUT2D eigenvalue weighted by molar-refractivity contribution is 6.03. The molecular formula is C23H26N2O3. The molecule has 28 heavy (non-hydrogen) atoms. The molecule has 3 fully saturated rings. The van der Waals surface area contributed by atoms with Crippen molar-refractivity contribution in [2.75, 3.05) is 32.2 Å². The highest BCUT2D eigenvalue weighted by atomic mass is 16.5. The van der Waals surface area contributed by atoms with Crippen molar-refractivity contribution in [2.24, 2.45) is 5.92 Å². The number of benzene rings is 2. The van der Waals surface area contributed by atoms with E-state index < -0.39 is 0 Å². The number of carbonyl (C=O) groups is 1. The lowest BCUT2D eigenvalue weighted by Crippen LogP contribution is -2.49. The first-order chi connectivity index (χ1) is 13.7. The number of para-hydroxylation sites is 1. The fourth-order valence-corrected chi connectivity index (χ4v) is 5.71. The van der Waals surface area contributed by atoms with Gasteiger partial charge in [0.2, 0.25) is 5.91 Å². The summed E-state index contributed by atoms with van der Waals surface area (Å²) in [5.74, 6) is 2.26. The number of carbonyl (C=O) groups excluding carboxylic acids is 1. The fraction of sp³-hybridized carbons (Fsp3) is 0.435. The van der Waals surface area contributed by atoms with Crippen molar-refractivity contribution in [3.05, 3.63) is 54.1 Å². The third kappa shape index (κ3) is 2.32. The molecule has 3 atom stereocenters. The Morgan fingerprint density at radius 1 is 1.07 bits per heavy atom. The summed E-state index contributed by atoms with van der Waals surface area (Å²) in [5, 5.41) is 0. The maximum Gasteiger partial charge on any atom is 0.247 e. The lowest BCUT2D eigenvalue weighted by Gasteiger charge is -2.34. The van der Waals surface area contributed by atoms with Crippen LogP contribution in [0.2, 0.25) is 0 Å². The Kier molecular flexibility index (Phi) is 4.09. The Bertz CT molecular complexity index is 900. The van der Waals surface area contributed by atoms with Gasteiger partial charge in [-0.2, -0.15) is 0 Å². The first kappa shape index (κ1) is 17.6. The van der Waals surface area contributed by atoms with E-state index in [1.54, 1.807) is 14.2 Å². The van der Waals surface area contributed by atoms with Gasteiger partial charge in [-0.15, -0.1) is 0 Å². The summed E-state index contributed by atoms with van der Waals surface area (Å²) in [6.07, 6.45) is 3.01. The van der Waals surface area contributed by atoms with E-state index in [1.807, 2.05) is 47.4 Å². The zero-order chi connectivity index (χ0) is 19.3. The van der Waals surface area contributed by atoms with E-state index >= 15 is 0 Å². The molecule has 0 aromatic heterocycles. The van der Waals surface area contributed by atoms with Gasteiger partial charge in [0.15, 0.2) is 0 Å². The summed E-state index contributed by atoms with van der Waals surface area (Å²) in [6, 6.07) is 16.4. The number of rotatable bonds is 4. The second-order valence-corrected chi connectivity index (χ2v) is 8.03. The zero-order valence-electron chi connectivity index (χ0n) is 16.4. The molecule has 5 nitrogen and oxygen atoms in total. The number of hydrogen-bond acceptors (Lipinski definition) is 4. The van der Waals surface area contributed by atoms with E-state index in [1.165, 1.54) is 0 Å². The minimum absolute atomic E-state index is 0.218. The molecule has 3 aliphatic heterocycles. The van der Waals surface area contributed by atoms with Crippen LogP contribution in [0.15, 0.2) is 48.5 Å². The summed E-state index contributed by atoms with van der Waals surface area (Å²) >= 11 is 0. The molecule has 1 amide bonds. The highest BCUT2D eigenvalue weighted by Gasteiger charge is 2.65. The van der Waals surface area contributed by atoms with Gasteiger partial charge in [-0.1, -0.05) is 24.3 Å². The first-order valence-electron chi connectivity index (χ1n) is 10.0. The molecule has 5 rings (SSSR count). The first-order valence-corrected chi connectivity index (χ1v) is 10.0. The van der Waals surface area contributed by atoms with Gasteiger partial charge in [0.25, 0.3) is 0 Å². The van der Waals surface area contributed by atoms with Crippen LogP contribution in [-0.2, 0) is 4.79 Å². The molecule has 2 aromatic carbocycles. The van der Waals surface area contributed by atoms with Crippen molar-refractivity contribution in [1.82, 2.24) is 4.90 Å². The molecule has 5 heteroatoms. The van der Waals surface area contributed by atoms with Gasteiger partial charge in [0.1, 0.15) is 17.0 Å². The van der Waals surface area contributed by atoms with Crippen LogP contribution < -0.4 is 14.4 Å². The summed E-state index contributed by atoms with van der Waals surface area (Å²) in [6.45, 7) is 1.76. The number of anilines is 1. The monoisotopic (exact) mass is 378 g/mol. The highest BCUT2D eigenvalue weighted by Crippen LogP contribution is 2.57. The van der Waals surface area contributed by atoms with Crippen molar-refractivity contribution < 1.29 is 14.3 Å². The summed E-state index contributed by atoms with van der Waals surface area (Å²) in [7, 11) is 3.37. The Morgan fingerprint density at radius 2 is 1.89 bits per heavy atom. The number of hydrogen-bond donors (Lipinski definition) is 0. The summed E-state index contributed by atoms with van der Waals surface area (Å²) in [4.78, 5) is 18.1. The predicted octanol–water partition coefficient (Wildman–Crippen LogP) is 3.65. The van der Waals surface area contributed by atoms with Crippen LogP contribution in [-0.4, -0.2) is 43.7 Å².